The van der Waals surface area contributed by atoms with E-state index in [4.69, 9.17) is 4.98 Å². The van der Waals surface area contributed by atoms with Crippen molar-refractivity contribution < 1.29 is 13.9 Å². The van der Waals surface area contributed by atoms with Crippen molar-refractivity contribution in [3.05, 3.63) is 53.2 Å². The fourth-order valence-electron chi connectivity index (χ4n) is 3.99. The number of nitrogens with one attached hydrogen (secondary N) is 1. The van der Waals surface area contributed by atoms with Crippen LogP contribution in [0.3, 0.4) is 0 Å². The van der Waals surface area contributed by atoms with Crippen molar-refractivity contribution in [2.45, 2.75) is 25.7 Å². The summed E-state index contributed by atoms with van der Waals surface area (Å²) in [5, 5.41) is 18.6. The maximum Gasteiger partial charge on any atom is 0.187 e. The fraction of sp³-hybridized carbons (Fsp3) is 0.200. The van der Waals surface area contributed by atoms with Gasteiger partial charge in [0.1, 0.15) is 0 Å². The van der Waals surface area contributed by atoms with Crippen LogP contribution >= 0.6 is 0 Å². The molecule has 0 saturated carbocycles. The van der Waals surface area contributed by atoms with Crippen LogP contribution in [-0.4, -0.2) is 20.3 Å². The quantitative estimate of drug-likeness (QED) is 0.525. The number of phenols is 1. The van der Waals surface area contributed by atoms with Crippen LogP contribution in [0.1, 0.15) is 24.0 Å². The summed E-state index contributed by atoms with van der Waals surface area (Å²) in [6, 6.07) is 6.12. The van der Waals surface area contributed by atoms with Crippen LogP contribution in [0.2, 0.25) is 0 Å². The minimum absolute atomic E-state index is 0.352. The highest BCUT2D eigenvalue weighted by Crippen LogP contribution is 2.38. The number of rotatable bonds is 1. The third-order valence-corrected chi connectivity index (χ3v) is 5.18. The molecule has 2 N–H and O–H groups in total. The summed E-state index contributed by atoms with van der Waals surface area (Å²) in [6.07, 6.45) is 5.59. The molecule has 2 heterocycles. The second-order valence-corrected chi connectivity index (χ2v) is 6.70. The number of halogens is 2. The topological polar surface area (TPSA) is 61.8 Å². The first-order valence-corrected chi connectivity index (χ1v) is 8.59. The van der Waals surface area contributed by atoms with Crippen LogP contribution in [0.5, 0.6) is 5.75 Å². The van der Waals surface area contributed by atoms with E-state index in [1.165, 1.54) is 5.56 Å². The predicted molar refractivity (Wildman–Crippen MR) is 95.1 cm³/mol. The number of phenolic OH excluding ortho intramolecular Hbond substituents is 1. The van der Waals surface area contributed by atoms with Gasteiger partial charge in [0, 0.05) is 16.3 Å². The largest absolute Gasteiger partial charge is 0.503 e. The molecule has 0 unspecified atom stereocenters. The monoisotopic (exact) mass is 351 g/mol. The molecule has 2 aromatic carbocycles. The highest BCUT2D eigenvalue weighted by Gasteiger charge is 2.22. The van der Waals surface area contributed by atoms with Crippen molar-refractivity contribution in [1.29, 1.82) is 0 Å². The molecule has 0 bridgehead atoms. The fourth-order valence-corrected chi connectivity index (χ4v) is 3.99. The summed E-state index contributed by atoms with van der Waals surface area (Å²) in [5.41, 5.74) is 4.88. The minimum atomic E-state index is -0.975. The van der Waals surface area contributed by atoms with Crippen molar-refractivity contribution >= 4 is 21.8 Å². The molecule has 0 spiro atoms. The zero-order valence-corrected chi connectivity index (χ0v) is 13.8. The molecular weight excluding hydrogens is 336 g/mol. The van der Waals surface area contributed by atoms with E-state index in [1.54, 1.807) is 6.20 Å². The van der Waals surface area contributed by atoms with Gasteiger partial charge in [-0.2, -0.15) is 5.10 Å². The molecule has 2 aromatic heterocycles. The van der Waals surface area contributed by atoms with Gasteiger partial charge < -0.3 is 5.11 Å². The summed E-state index contributed by atoms with van der Waals surface area (Å²) in [4.78, 5) is 4.74. The van der Waals surface area contributed by atoms with Crippen LogP contribution in [0.4, 0.5) is 8.78 Å². The molecule has 0 aliphatic heterocycles. The van der Waals surface area contributed by atoms with Crippen molar-refractivity contribution in [3.8, 4) is 17.0 Å². The van der Waals surface area contributed by atoms with Gasteiger partial charge >= 0.3 is 0 Å². The number of H-pyrrole nitrogens is 1. The Kier molecular flexibility index (Phi) is 3.22. The maximum absolute atomic E-state index is 13.9. The van der Waals surface area contributed by atoms with Crippen LogP contribution in [0, 0.1) is 11.6 Å². The van der Waals surface area contributed by atoms with Gasteiger partial charge in [-0.15, -0.1) is 0 Å². The zero-order chi connectivity index (χ0) is 17.8. The molecule has 130 valence electrons. The van der Waals surface area contributed by atoms with Crippen molar-refractivity contribution in [2.24, 2.45) is 0 Å². The Bertz CT molecular complexity index is 1160. The van der Waals surface area contributed by atoms with Gasteiger partial charge in [0.05, 0.1) is 22.9 Å². The number of aryl methyl sites for hydroxylation is 1. The maximum atomic E-state index is 13.9. The van der Waals surface area contributed by atoms with Gasteiger partial charge in [0.15, 0.2) is 17.4 Å². The van der Waals surface area contributed by atoms with E-state index in [0.29, 0.717) is 11.3 Å². The Labute approximate surface area is 147 Å². The molecule has 5 rings (SSSR count). The molecule has 1 aliphatic rings. The summed E-state index contributed by atoms with van der Waals surface area (Å²) < 4.78 is 27.8. The average molecular weight is 351 g/mol. The second kappa shape index (κ2) is 5.49. The molecule has 26 heavy (non-hydrogen) atoms. The molecule has 0 amide bonds. The predicted octanol–water partition coefficient (Wildman–Crippen LogP) is 4.64. The third kappa shape index (κ3) is 2.11. The van der Waals surface area contributed by atoms with Gasteiger partial charge in [-0.3, -0.25) is 5.10 Å². The van der Waals surface area contributed by atoms with E-state index < -0.39 is 17.4 Å². The number of fused-ring (bicyclic) bond motifs is 5. The normalized spacial score (nSPS) is 14.1. The summed E-state index contributed by atoms with van der Waals surface area (Å²) >= 11 is 0. The number of hydrogen-bond donors (Lipinski definition) is 2. The van der Waals surface area contributed by atoms with Crippen molar-refractivity contribution in [1.82, 2.24) is 15.2 Å². The van der Waals surface area contributed by atoms with E-state index in [-0.39, 0.29) is 0 Å². The Morgan fingerprint density at radius 3 is 2.50 bits per heavy atom. The van der Waals surface area contributed by atoms with Gasteiger partial charge in [0.2, 0.25) is 0 Å². The summed E-state index contributed by atoms with van der Waals surface area (Å²) in [6.45, 7) is 0. The van der Waals surface area contributed by atoms with Gasteiger partial charge in [-0.25, -0.2) is 13.8 Å². The van der Waals surface area contributed by atoms with Crippen LogP contribution in [0.15, 0.2) is 30.5 Å². The van der Waals surface area contributed by atoms with Gasteiger partial charge in [-0.05, 0) is 61.1 Å². The van der Waals surface area contributed by atoms with E-state index in [0.717, 1.165) is 65.2 Å². The lowest BCUT2D eigenvalue weighted by Crippen LogP contribution is -2.08. The Morgan fingerprint density at radius 2 is 1.73 bits per heavy atom. The smallest absolute Gasteiger partial charge is 0.187 e. The molecule has 0 radical (unpaired) electrons. The molecule has 0 fully saturated rings. The Morgan fingerprint density at radius 1 is 1.00 bits per heavy atom. The lowest BCUT2D eigenvalue weighted by atomic mass is 9.85. The van der Waals surface area contributed by atoms with E-state index in [2.05, 4.69) is 10.2 Å². The number of aromatic hydroxyl groups is 1. The molecule has 4 aromatic rings. The van der Waals surface area contributed by atoms with E-state index >= 15 is 0 Å². The standard InChI is InChI=1S/C20H15F2N3O/c21-14-7-10(8-15(22)20(14)26)19-12-4-2-1-3-11(12)18-13-9-23-25-16(13)5-6-17(18)24-19/h5-9,26H,1-4H2,(H,23,25). The summed E-state index contributed by atoms with van der Waals surface area (Å²) in [7, 11) is 0. The second-order valence-electron chi connectivity index (χ2n) is 6.70. The first-order chi connectivity index (χ1) is 12.6. The van der Waals surface area contributed by atoms with Gasteiger partial charge in [-0.1, -0.05) is 0 Å². The lowest BCUT2D eigenvalue weighted by Gasteiger charge is -2.22. The first-order valence-electron chi connectivity index (χ1n) is 8.59. The third-order valence-electron chi connectivity index (χ3n) is 5.18. The highest BCUT2D eigenvalue weighted by atomic mass is 19.1. The molecule has 0 saturated heterocycles. The molecule has 0 atom stereocenters. The van der Waals surface area contributed by atoms with Crippen molar-refractivity contribution in [3.63, 3.8) is 0 Å². The number of benzene rings is 2. The highest BCUT2D eigenvalue weighted by molar-refractivity contribution is 6.07. The average Bonchev–Trinajstić information content (AvgIpc) is 3.13. The minimum Gasteiger partial charge on any atom is -0.503 e. The molecule has 1 aliphatic carbocycles. The molecule has 4 nitrogen and oxygen atoms in total. The van der Waals surface area contributed by atoms with Gasteiger partial charge in [0.25, 0.3) is 0 Å². The molecular formula is C20H15F2N3O. The van der Waals surface area contributed by atoms with E-state index in [9.17, 15) is 13.9 Å². The zero-order valence-electron chi connectivity index (χ0n) is 13.8. The number of nitrogens with zero attached hydrogens (tertiary/aromatic N) is 2. The summed E-state index contributed by atoms with van der Waals surface area (Å²) in [5.74, 6) is -2.91. The molecule has 6 heteroatoms. The van der Waals surface area contributed by atoms with Crippen LogP contribution in [-0.2, 0) is 12.8 Å². The Balaban J connectivity index is 1.88. The number of pyridine rings is 1. The van der Waals surface area contributed by atoms with E-state index in [1.807, 2.05) is 12.1 Å². The first kappa shape index (κ1) is 15.3. The lowest BCUT2D eigenvalue weighted by molar-refractivity contribution is 0.396. The van der Waals surface area contributed by atoms with Crippen molar-refractivity contribution in [2.75, 3.05) is 0 Å². The van der Waals surface area contributed by atoms with Crippen LogP contribution < -0.4 is 0 Å². The number of hydrogen-bond acceptors (Lipinski definition) is 3. The Hall–Kier alpha value is -3.02. The number of aromatic nitrogens is 3. The van der Waals surface area contributed by atoms with Crippen LogP contribution in [0.25, 0.3) is 33.1 Å². The number of aromatic amines is 1. The SMILES string of the molecule is Oc1c(F)cc(-c2nc3ccc4[nH]ncc4c3c3c2CCCC3)cc1F.